The van der Waals surface area contributed by atoms with Gasteiger partial charge >= 0.3 is 0 Å². The number of nitrogens with one attached hydrogen (secondary N) is 1. The Morgan fingerprint density at radius 2 is 2.27 bits per heavy atom. The van der Waals surface area contributed by atoms with Crippen LogP contribution in [0.4, 0.5) is 0 Å². The fraction of sp³-hybridized carbons (Fsp3) is 0.909. The predicted molar refractivity (Wildman–Crippen MR) is 63.3 cm³/mol. The highest BCUT2D eigenvalue weighted by Crippen LogP contribution is 2.35. The minimum absolute atomic E-state index is 0. The molecule has 0 aromatic carbocycles. The third kappa shape index (κ3) is 2.64. The molecule has 2 fully saturated rings. The minimum atomic E-state index is 0. The van der Waals surface area contributed by atoms with E-state index < -0.39 is 0 Å². The summed E-state index contributed by atoms with van der Waals surface area (Å²) < 4.78 is 0. The van der Waals surface area contributed by atoms with Gasteiger partial charge < -0.3 is 10.2 Å². The summed E-state index contributed by atoms with van der Waals surface area (Å²) in [5.41, 5.74) is 0.420. The first-order valence-electron chi connectivity index (χ1n) is 5.74. The van der Waals surface area contributed by atoms with Crippen LogP contribution in [-0.2, 0) is 4.79 Å². The molecule has 0 radical (unpaired) electrons. The van der Waals surface area contributed by atoms with Crippen molar-refractivity contribution in [3.63, 3.8) is 0 Å². The van der Waals surface area contributed by atoms with Crippen LogP contribution in [0.2, 0.25) is 0 Å². The van der Waals surface area contributed by atoms with Gasteiger partial charge in [-0.25, -0.2) is 0 Å². The Morgan fingerprint density at radius 3 is 2.87 bits per heavy atom. The zero-order chi connectivity index (χ0) is 10.0. The molecule has 2 aliphatic heterocycles. The summed E-state index contributed by atoms with van der Waals surface area (Å²) in [5.74, 6) is 0.330. The van der Waals surface area contributed by atoms with Crippen molar-refractivity contribution >= 4 is 18.3 Å². The van der Waals surface area contributed by atoms with Crippen molar-refractivity contribution in [1.29, 1.82) is 0 Å². The van der Waals surface area contributed by atoms with Crippen LogP contribution >= 0.6 is 12.4 Å². The molecule has 0 aliphatic carbocycles. The van der Waals surface area contributed by atoms with E-state index in [0.29, 0.717) is 17.7 Å². The lowest BCUT2D eigenvalue weighted by Crippen LogP contribution is -2.46. The molecule has 88 valence electrons. The fourth-order valence-electron chi connectivity index (χ4n) is 2.79. The predicted octanol–water partition coefficient (Wildman–Crippen LogP) is 1.42. The normalized spacial score (nSPS) is 30.3. The SMILES string of the molecule is CCC(=O)N1CCCC2(CCNC2)C1.Cl. The van der Waals surface area contributed by atoms with E-state index in [2.05, 4.69) is 10.2 Å². The summed E-state index contributed by atoms with van der Waals surface area (Å²) in [4.78, 5) is 13.7. The summed E-state index contributed by atoms with van der Waals surface area (Å²) in [6.45, 7) is 6.17. The molecule has 3 nitrogen and oxygen atoms in total. The number of carbonyl (C=O) groups excluding carboxylic acids is 1. The van der Waals surface area contributed by atoms with Crippen LogP contribution in [-0.4, -0.2) is 37.0 Å². The lowest BCUT2D eigenvalue weighted by molar-refractivity contribution is -0.134. The maximum Gasteiger partial charge on any atom is 0.222 e. The molecule has 1 atom stereocenters. The number of nitrogens with zero attached hydrogens (tertiary/aromatic N) is 1. The number of likely N-dealkylation sites (tertiary alicyclic amines) is 1. The van der Waals surface area contributed by atoms with Crippen molar-refractivity contribution in [2.75, 3.05) is 26.2 Å². The summed E-state index contributed by atoms with van der Waals surface area (Å²) in [6.07, 6.45) is 4.39. The molecule has 4 heteroatoms. The second kappa shape index (κ2) is 5.17. The smallest absolute Gasteiger partial charge is 0.222 e. The van der Waals surface area contributed by atoms with Gasteiger partial charge in [0.2, 0.25) is 5.91 Å². The van der Waals surface area contributed by atoms with Crippen LogP contribution in [0, 0.1) is 5.41 Å². The Balaban J connectivity index is 0.00000112. The highest BCUT2D eigenvalue weighted by molar-refractivity contribution is 5.85. The Bertz CT molecular complexity index is 227. The van der Waals surface area contributed by atoms with Gasteiger partial charge in [-0.05, 0) is 25.8 Å². The zero-order valence-electron chi connectivity index (χ0n) is 9.42. The molecule has 2 aliphatic rings. The Hall–Kier alpha value is -0.280. The van der Waals surface area contributed by atoms with E-state index in [4.69, 9.17) is 0 Å². The highest BCUT2D eigenvalue weighted by Gasteiger charge is 2.38. The van der Waals surface area contributed by atoms with Gasteiger partial charge in [-0.15, -0.1) is 12.4 Å². The monoisotopic (exact) mass is 232 g/mol. The molecule has 0 saturated carbocycles. The molecule has 0 aromatic rings. The average molecular weight is 233 g/mol. The van der Waals surface area contributed by atoms with Crippen molar-refractivity contribution in [3.8, 4) is 0 Å². The van der Waals surface area contributed by atoms with E-state index in [-0.39, 0.29) is 12.4 Å². The molecule has 0 bridgehead atoms. The molecule has 1 N–H and O–H groups in total. The third-order valence-electron chi connectivity index (χ3n) is 3.65. The lowest BCUT2D eigenvalue weighted by Gasteiger charge is -2.40. The van der Waals surface area contributed by atoms with Crippen LogP contribution in [0.25, 0.3) is 0 Å². The van der Waals surface area contributed by atoms with E-state index in [1.807, 2.05) is 6.92 Å². The van der Waals surface area contributed by atoms with Gasteiger partial charge in [0.25, 0.3) is 0 Å². The lowest BCUT2D eigenvalue weighted by atomic mass is 9.79. The largest absolute Gasteiger partial charge is 0.342 e. The van der Waals surface area contributed by atoms with Crippen molar-refractivity contribution in [3.05, 3.63) is 0 Å². The van der Waals surface area contributed by atoms with E-state index in [9.17, 15) is 4.79 Å². The van der Waals surface area contributed by atoms with Crippen molar-refractivity contribution in [2.24, 2.45) is 5.41 Å². The molecule has 2 heterocycles. The fourth-order valence-corrected chi connectivity index (χ4v) is 2.79. The average Bonchev–Trinajstić information content (AvgIpc) is 2.65. The van der Waals surface area contributed by atoms with Gasteiger partial charge in [0.1, 0.15) is 0 Å². The summed E-state index contributed by atoms with van der Waals surface area (Å²) >= 11 is 0. The topological polar surface area (TPSA) is 32.3 Å². The summed E-state index contributed by atoms with van der Waals surface area (Å²) in [7, 11) is 0. The van der Waals surface area contributed by atoms with Gasteiger partial charge in [0.05, 0.1) is 0 Å². The Kier molecular flexibility index (Phi) is 4.41. The number of hydrogen-bond acceptors (Lipinski definition) is 2. The molecule has 1 spiro atoms. The molecular weight excluding hydrogens is 212 g/mol. The number of carbonyl (C=O) groups is 1. The zero-order valence-corrected chi connectivity index (χ0v) is 10.2. The van der Waals surface area contributed by atoms with Gasteiger partial charge in [-0.3, -0.25) is 4.79 Å². The second-order valence-electron chi connectivity index (χ2n) is 4.70. The van der Waals surface area contributed by atoms with Crippen LogP contribution < -0.4 is 5.32 Å². The highest BCUT2D eigenvalue weighted by atomic mass is 35.5. The number of rotatable bonds is 1. The quantitative estimate of drug-likeness (QED) is 0.742. The van der Waals surface area contributed by atoms with Gasteiger partial charge in [-0.2, -0.15) is 0 Å². The van der Waals surface area contributed by atoms with Crippen LogP contribution in [0.5, 0.6) is 0 Å². The van der Waals surface area contributed by atoms with Gasteiger partial charge in [0.15, 0.2) is 0 Å². The van der Waals surface area contributed by atoms with Crippen LogP contribution in [0.15, 0.2) is 0 Å². The van der Waals surface area contributed by atoms with Gasteiger partial charge in [0, 0.05) is 31.5 Å². The van der Waals surface area contributed by atoms with E-state index >= 15 is 0 Å². The summed E-state index contributed by atoms with van der Waals surface area (Å²) in [5, 5.41) is 3.42. The molecule has 0 aromatic heterocycles. The molecule has 2 rings (SSSR count). The van der Waals surface area contributed by atoms with Crippen molar-refractivity contribution < 1.29 is 4.79 Å². The number of amides is 1. The van der Waals surface area contributed by atoms with E-state index in [0.717, 1.165) is 26.2 Å². The molecular formula is C11H21ClN2O. The summed E-state index contributed by atoms with van der Waals surface area (Å²) in [6, 6.07) is 0. The third-order valence-corrected chi connectivity index (χ3v) is 3.65. The first-order chi connectivity index (χ1) is 6.76. The molecule has 15 heavy (non-hydrogen) atoms. The Morgan fingerprint density at radius 1 is 1.47 bits per heavy atom. The minimum Gasteiger partial charge on any atom is -0.342 e. The molecule has 2 saturated heterocycles. The molecule has 1 unspecified atom stereocenters. The molecule has 1 amide bonds. The number of hydrogen-bond donors (Lipinski definition) is 1. The maximum absolute atomic E-state index is 11.6. The van der Waals surface area contributed by atoms with Crippen molar-refractivity contribution in [1.82, 2.24) is 10.2 Å². The van der Waals surface area contributed by atoms with Crippen molar-refractivity contribution in [2.45, 2.75) is 32.6 Å². The van der Waals surface area contributed by atoms with E-state index in [1.54, 1.807) is 0 Å². The van der Waals surface area contributed by atoms with E-state index in [1.165, 1.54) is 19.3 Å². The Labute approximate surface area is 98.0 Å². The standard InChI is InChI=1S/C11H20N2O.ClH/c1-2-10(14)13-7-3-4-11(9-13)5-6-12-8-11;/h12H,2-9H2,1H3;1H. The maximum atomic E-state index is 11.6. The number of halogens is 1. The van der Waals surface area contributed by atoms with Crippen LogP contribution in [0.1, 0.15) is 32.6 Å². The number of piperidine rings is 1. The van der Waals surface area contributed by atoms with Crippen LogP contribution in [0.3, 0.4) is 0 Å². The first-order valence-corrected chi connectivity index (χ1v) is 5.74. The first kappa shape index (κ1) is 12.8. The van der Waals surface area contributed by atoms with Gasteiger partial charge in [-0.1, -0.05) is 6.92 Å². The second-order valence-corrected chi connectivity index (χ2v) is 4.70.